The summed E-state index contributed by atoms with van der Waals surface area (Å²) in [6.07, 6.45) is 0. The van der Waals surface area contributed by atoms with Crippen molar-refractivity contribution in [3.8, 4) is 33.8 Å². The number of para-hydroxylation sites is 1. The highest BCUT2D eigenvalue weighted by Gasteiger charge is 2.53. The number of benzene rings is 6. The zero-order valence-corrected chi connectivity index (χ0v) is 24.8. The van der Waals surface area contributed by atoms with Gasteiger partial charge in [0.2, 0.25) is 0 Å². The fraction of sp³-hybridized carbons (Fsp3) is 0.0952. The lowest BCUT2D eigenvalue weighted by molar-refractivity contribution is 0.563. The summed E-state index contributed by atoms with van der Waals surface area (Å²) >= 11 is 0. The molecule has 1 spiro atoms. The Bertz CT molecular complexity index is 2220. The van der Waals surface area contributed by atoms with Crippen LogP contribution >= 0.6 is 0 Å². The number of rotatable bonds is 2. The molecule has 2 heteroatoms. The van der Waals surface area contributed by atoms with Crippen LogP contribution in [0.2, 0.25) is 0 Å². The summed E-state index contributed by atoms with van der Waals surface area (Å²) in [7, 11) is 0. The summed E-state index contributed by atoms with van der Waals surface area (Å²) in [5, 5.41) is 1.06. The predicted molar refractivity (Wildman–Crippen MR) is 180 cm³/mol. The van der Waals surface area contributed by atoms with Crippen LogP contribution in [0.15, 0.2) is 146 Å². The first-order chi connectivity index (χ1) is 21.6. The van der Waals surface area contributed by atoms with Crippen LogP contribution in [-0.2, 0) is 10.8 Å². The molecular formula is C42H30N2. The molecular weight excluding hydrogens is 532 g/mol. The number of fused-ring (bicyclic) bond motifs is 10. The topological polar surface area (TPSA) is 25.8 Å². The van der Waals surface area contributed by atoms with Crippen molar-refractivity contribution >= 4 is 10.9 Å². The Morgan fingerprint density at radius 2 is 1.00 bits per heavy atom. The molecule has 0 N–H and O–H groups in total. The van der Waals surface area contributed by atoms with Crippen molar-refractivity contribution in [2.45, 2.75) is 24.7 Å². The maximum absolute atomic E-state index is 5.26. The van der Waals surface area contributed by atoms with Gasteiger partial charge < -0.3 is 0 Å². The van der Waals surface area contributed by atoms with Gasteiger partial charge in [0.05, 0.1) is 16.6 Å². The Balaban J connectivity index is 1.38. The van der Waals surface area contributed by atoms with Crippen LogP contribution in [0.3, 0.4) is 0 Å². The molecule has 0 unspecified atom stereocenters. The van der Waals surface area contributed by atoms with Gasteiger partial charge >= 0.3 is 0 Å². The molecule has 0 saturated carbocycles. The van der Waals surface area contributed by atoms with Crippen molar-refractivity contribution < 1.29 is 0 Å². The minimum atomic E-state index is -0.441. The summed E-state index contributed by atoms with van der Waals surface area (Å²) in [6.45, 7) is 4.73. The molecule has 2 aliphatic rings. The minimum Gasteiger partial charge on any atom is -0.228 e. The third kappa shape index (κ3) is 3.26. The molecule has 44 heavy (non-hydrogen) atoms. The van der Waals surface area contributed by atoms with Crippen molar-refractivity contribution in [2.24, 2.45) is 0 Å². The largest absolute Gasteiger partial charge is 0.228 e. The van der Waals surface area contributed by atoms with Gasteiger partial charge in [0, 0.05) is 21.9 Å². The molecule has 2 nitrogen and oxygen atoms in total. The highest BCUT2D eigenvalue weighted by Crippen LogP contribution is 2.62. The van der Waals surface area contributed by atoms with E-state index >= 15 is 0 Å². The van der Waals surface area contributed by atoms with Crippen LogP contribution in [-0.4, -0.2) is 9.97 Å². The molecule has 0 aliphatic heterocycles. The lowest BCUT2D eigenvalue weighted by Crippen LogP contribution is -2.40. The molecule has 1 heterocycles. The number of hydrogen-bond donors (Lipinski definition) is 0. The molecule has 2 aliphatic carbocycles. The van der Waals surface area contributed by atoms with Crippen LogP contribution in [0.4, 0.5) is 0 Å². The molecule has 0 saturated heterocycles. The highest BCUT2D eigenvalue weighted by molar-refractivity contribution is 5.94. The molecule has 6 aromatic carbocycles. The van der Waals surface area contributed by atoms with Gasteiger partial charge in [0.1, 0.15) is 0 Å². The minimum absolute atomic E-state index is 0.179. The lowest BCUT2D eigenvalue weighted by Gasteiger charge is -2.46. The Morgan fingerprint density at radius 1 is 0.432 bits per heavy atom. The van der Waals surface area contributed by atoms with E-state index in [2.05, 4.69) is 153 Å². The average molecular weight is 563 g/mol. The molecule has 7 aromatic rings. The maximum Gasteiger partial charge on any atom is 0.160 e. The van der Waals surface area contributed by atoms with Crippen LogP contribution in [0.25, 0.3) is 44.7 Å². The van der Waals surface area contributed by atoms with Gasteiger partial charge in [0.25, 0.3) is 0 Å². The summed E-state index contributed by atoms with van der Waals surface area (Å²) in [6, 6.07) is 52.8. The Hall–Kier alpha value is -5.34. The summed E-state index contributed by atoms with van der Waals surface area (Å²) in [5.41, 5.74) is 14.1. The van der Waals surface area contributed by atoms with E-state index in [4.69, 9.17) is 9.97 Å². The number of aromatic nitrogens is 2. The second-order valence-corrected chi connectivity index (χ2v) is 12.6. The van der Waals surface area contributed by atoms with Crippen LogP contribution in [0, 0.1) is 0 Å². The molecule has 0 atom stereocenters. The molecule has 9 rings (SSSR count). The first-order valence-electron chi connectivity index (χ1n) is 15.4. The van der Waals surface area contributed by atoms with Crippen molar-refractivity contribution in [3.05, 3.63) is 179 Å². The fourth-order valence-electron chi connectivity index (χ4n) is 8.02. The number of nitrogens with zero attached hydrogens (tertiary/aromatic N) is 2. The van der Waals surface area contributed by atoms with Crippen molar-refractivity contribution in [1.29, 1.82) is 0 Å². The van der Waals surface area contributed by atoms with E-state index in [0.29, 0.717) is 0 Å². The highest BCUT2D eigenvalue weighted by atomic mass is 14.9. The van der Waals surface area contributed by atoms with Gasteiger partial charge in [-0.05, 0) is 56.6 Å². The van der Waals surface area contributed by atoms with E-state index in [0.717, 1.165) is 33.5 Å². The second-order valence-electron chi connectivity index (χ2n) is 12.6. The second kappa shape index (κ2) is 9.08. The smallest absolute Gasteiger partial charge is 0.160 e. The zero-order valence-electron chi connectivity index (χ0n) is 24.8. The number of hydrogen-bond acceptors (Lipinski definition) is 2. The van der Waals surface area contributed by atoms with E-state index in [1.807, 2.05) is 6.07 Å². The van der Waals surface area contributed by atoms with Gasteiger partial charge in [-0.15, -0.1) is 0 Å². The third-order valence-electron chi connectivity index (χ3n) is 9.96. The van der Waals surface area contributed by atoms with Gasteiger partial charge in [0.15, 0.2) is 5.82 Å². The van der Waals surface area contributed by atoms with Crippen molar-refractivity contribution in [1.82, 2.24) is 9.97 Å². The zero-order chi connectivity index (χ0) is 29.5. The molecule has 1 aromatic heterocycles. The fourth-order valence-corrected chi connectivity index (χ4v) is 8.02. The molecule has 0 amide bonds. The first-order valence-corrected chi connectivity index (χ1v) is 15.4. The van der Waals surface area contributed by atoms with E-state index in [9.17, 15) is 0 Å². The van der Waals surface area contributed by atoms with Gasteiger partial charge in [-0.2, -0.15) is 0 Å². The normalized spacial score (nSPS) is 15.0. The first kappa shape index (κ1) is 25.2. The van der Waals surface area contributed by atoms with Crippen LogP contribution in [0.1, 0.15) is 47.2 Å². The van der Waals surface area contributed by atoms with E-state index in [-0.39, 0.29) is 5.41 Å². The predicted octanol–water partition coefficient (Wildman–Crippen LogP) is 9.97. The van der Waals surface area contributed by atoms with Crippen LogP contribution in [0.5, 0.6) is 0 Å². The van der Waals surface area contributed by atoms with Gasteiger partial charge in [-0.1, -0.05) is 147 Å². The molecule has 0 fully saturated rings. The quantitative estimate of drug-likeness (QED) is 0.210. The van der Waals surface area contributed by atoms with E-state index in [1.54, 1.807) is 0 Å². The Morgan fingerprint density at radius 3 is 1.73 bits per heavy atom. The third-order valence-corrected chi connectivity index (χ3v) is 9.96. The van der Waals surface area contributed by atoms with Crippen LogP contribution < -0.4 is 0 Å². The molecule has 0 radical (unpaired) electrons. The lowest BCUT2D eigenvalue weighted by atomic mass is 9.55. The van der Waals surface area contributed by atoms with Gasteiger partial charge in [-0.25, -0.2) is 9.97 Å². The Kier molecular flexibility index (Phi) is 5.20. The van der Waals surface area contributed by atoms with E-state index < -0.39 is 5.41 Å². The molecule has 208 valence electrons. The standard InChI is InChI=1S/C42H30N2/c1-41(2)34-21-11-12-22-36(34)42(32-19-9-6-16-29(32)30-17-7-10-20-33(30)42)37-26-28(24-25-35(37)41)40-43-38-23-13-8-18-31(38)39(44-40)27-14-4-3-5-15-27/h3-26H,1-2H3. The SMILES string of the molecule is CC1(C)c2ccccc2C2(c3ccccc3-c3ccccc32)c2cc(-c3nc(-c4ccccc4)c4ccccc4n3)ccc21. The summed E-state index contributed by atoms with van der Waals surface area (Å²) in [4.78, 5) is 10.4. The maximum atomic E-state index is 5.26. The van der Waals surface area contributed by atoms with Gasteiger partial charge in [-0.3, -0.25) is 0 Å². The monoisotopic (exact) mass is 562 g/mol. The summed E-state index contributed by atoms with van der Waals surface area (Å²) < 4.78 is 0. The van der Waals surface area contributed by atoms with Crippen molar-refractivity contribution in [2.75, 3.05) is 0 Å². The average Bonchev–Trinajstić information content (AvgIpc) is 3.38. The van der Waals surface area contributed by atoms with E-state index in [1.165, 1.54) is 44.5 Å². The summed E-state index contributed by atoms with van der Waals surface area (Å²) in [5.74, 6) is 0.747. The molecule has 0 bridgehead atoms. The van der Waals surface area contributed by atoms with Crippen molar-refractivity contribution in [3.63, 3.8) is 0 Å². The Labute approximate surface area is 257 Å².